The molecule has 1 unspecified atom stereocenters. The molecule has 0 bridgehead atoms. The maximum atomic E-state index is 10.6. The molecular weight excluding hydrogens is 244 g/mol. The van der Waals surface area contributed by atoms with Gasteiger partial charge in [-0.2, -0.15) is 0 Å². The van der Waals surface area contributed by atoms with Gasteiger partial charge in [0.1, 0.15) is 5.75 Å². The third-order valence-electron chi connectivity index (χ3n) is 2.96. The Hall–Kier alpha value is -1.75. The molecule has 1 aromatic rings. The molecule has 1 atom stereocenters. The number of phenolic OH excluding ortho intramolecular Hbond substituents is 1. The third kappa shape index (κ3) is 4.44. The zero-order chi connectivity index (χ0) is 14.6. The van der Waals surface area contributed by atoms with Gasteiger partial charge in [0, 0.05) is 12.6 Å². The standard InChI is InChI=1S/C14H22N2O3/c1-14(2,3)11-7-9(4-5-12(11)17)6-10(8-15)16-13(18)19/h4-5,7,10,16-17H,6,8,15H2,1-3H3,(H,18,19). The monoisotopic (exact) mass is 266 g/mol. The van der Waals surface area contributed by atoms with Crippen molar-refractivity contribution in [3.63, 3.8) is 0 Å². The molecule has 0 saturated heterocycles. The number of nitrogens with two attached hydrogens (primary N) is 1. The number of carbonyl (C=O) groups is 1. The SMILES string of the molecule is CC(C)(C)c1cc(CC(CN)NC(=O)O)ccc1O. The Morgan fingerprint density at radius 2 is 2.05 bits per heavy atom. The van der Waals surface area contributed by atoms with Crippen LogP contribution in [-0.2, 0) is 11.8 Å². The van der Waals surface area contributed by atoms with Crippen LogP contribution in [0.4, 0.5) is 4.79 Å². The van der Waals surface area contributed by atoms with Crippen LogP contribution in [0.5, 0.6) is 5.75 Å². The van der Waals surface area contributed by atoms with Crippen LogP contribution in [0.3, 0.4) is 0 Å². The number of carboxylic acid groups (broad SMARTS) is 1. The summed E-state index contributed by atoms with van der Waals surface area (Å²) >= 11 is 0. The number of benzene rings is 1. The van der Waals surface area contributed by atoms with Crippen molar-refractivity contribution in [2.75, 3.05) is 6.54 Å². The first-order chi connectivity index (χ1) is 8.74. The molecular formula is C14H22N2O3. The molecule has 0 radical (unpaired) electrons. The molecule has 0 aliphatic carbocycles. The van der Waals surface area contributed by atoms with E-state index in [9.17, 15) is 9.90 Å². The Morgan fingerprint density at radius 3 is 2.53 bits per heavy atom. The minimum Gasteiger partial charge on any atom is -0.508 e. The Bertz CT molecular complexity index is 452. The van der Waals surface area contributed by atoms with Gasteiger partial charge in [0.05, 0.1) is 0 Å². The van der Waals surface area contributed by atoms with Crippen LogP contribution in [0.2, 0.25) is 0 Å². The van der Waals surface area contributed by atoms with E-state index in [-0.39, 0.29) is 23.8 Å². The summed E-state index contributed by atoms with van der Waals surface area (Å²) in [6.45, 7) is 6.28. The minimum atomic E-state index is -1.08. The van der Waals surface area contributed by atoms with Gasteiger partial charge in [-0.15, -0.1) is 0 Å². The summed E-state index contributed by atoms with van der Waals surface area (Å²) in [6, 6.07) is 5.01. The zero-order valence-electron chi connectivity index (χ0n) is 11.6. The van der Waals surface area contributed by atoms with Crippen molar-refractivity contribution < 1.29 is 15.0 Å². The predicted molar refractivity (Wildman–Crippen MR) is 74.5 cm³/mol. The Morgan fingerprint density at radius 1 is 1.42 bits per heavy atom. The van der Waals surface area contributed by atoms with Gasteiger partial charge in [-0.1, -0.05) is 32.9 Å². The number of phenols is 1. The van der Waals surface area contributed by atoms with Gasteiger partial charge in [0.25, 0.3) is 0 Å². The summed E-state index contributed by atoms with van der Waals surface area (Å²) in [7, 11) is 0. The average molecular weight is 266 g/mol. The quantitative estimate of drug-likeness (QED) is 0.668. The molecule has 1 amide bonds. The average Bonchev–Trinajstić information content (AvgIpc) is 2.28. The molecule has 0 aliphatic heterocycles. The third-order valence-corrected chi connectivity index (χ3v) is 2.96. The van der Waals surface area contributed by atoms with E-state index in [1.807, 2.05) is 26.8 Å². The summed E-state index contributed by atoms with van der Waals surface area (Å²) in [6.07, 6.45) is -0.572. The van der Waals surface area contributed by atoms with Gasteiger partial charge >= 0.3 is 6.09 Å². The molecule has 106 valence electrons. The topological polar surface area (TPSA) is 95.6 Å². The highest BCUT2D eigenvalue weighted by Gasteiger charge is 2.19. The normalized spacial score (nSPS) is 13.1. The highest BCUT2D eigenvalue weighted by molar-refractivity contribution is 5.65. The molecule has 0 aliphatic rings. The summed E-state index contributed by atoms with van der Waals surface area (Å²) in [5, 5.41) is 21.0. The molecule has 1 aromatic carbocycles. The highest BCUT2D eigenvalue weighted by Crippen LogP contribution is 2.31. The van der Waals surface area contributed by atoms with E-state index in [0.29, 0.717) is 6.42 Å². The summed E-state index contributed by atoms with van der Waals surface area (Å²) in [5.74, 6) is 0.256. The van der Waals surface area contributed by atoms with Crippen molar-refractivity contribution in [1.29, 1.82) is 0 Å². The van der Waals surface area contributed by atoms with Gasteiger partial charge in [-0.25, -0.2) is 4.79 Å². The fourth-order valence-electron chi connectivity index (χ4n) is 1.96. The number of rotatable bonds is 4. The number of nitrogens with one attached hydrogen (secondary N) is 1. The second kappa shape index (κ2) is 5.93. The molecule has 0 fully saturated rings. The van der Waals surface area contributed by atoms with Crippen LogP contribution in [0, 0.1) is 0 Å². The van der Waals surface area contributed by atoms with E-state index in [0.717, 1.165) is 11.1 Å². The van der Waals surface area contributed by atoms with Gasteiger partial charge < -0.3 is 21.3 Å². The Kier molecular flexibility index (Phi) is 4.78. The van der Waals surface area contributed by atoms with E-state index < -0.39 is 6.09 Å². The van der Waals surface area contributed by atoms with Crippen LogP contribution in [0.15, 0.2) is 18.2 Å². The van der Waals surface area contributed by atoms with Gasteiger partial charge in [0.2, 0.25) is 0 Å². The van der Waals surface area contributed by atoms with E-state index in [2.05, 4.69) is 5.32 Å². The zero-order valence-corrected chi connectivity index (χ0v) is 11.6. The molecule has 1 rings (SSSR count). The van der Waals surface area contributed by atoms with Gasteiger partial charge in [-0.05, 0) is 29.0 Å². The van der Waals surface area contributed by atoms with Crippen LogP contribution < -0.4 is 11.1 Å². The van der Waals surface area contributed by atoms with Crippen molar-refractivity contribution in [2.45, 2.75) is 38.6 Å². The number of amides is 1. The molecule has 5 N–H and O–H groups in total. The lowest BCUT2D eigenvalue weighted by Crippen LogP contribution is -2.40. The second-order valence-electron chi connectivity index (χ2n) is 5.69. The van der Waals surface area contributed by atoms with Crippen LogP contribution in [0.25, 0.3) is 0 Å². The molecule has 0 heterocycles. The predicted octanol–water partition coefficient (Wildman–Crippen LogP) is 1.83. The van der Waals surface area contributed by atoms with Gasteiger partial charge in [0.15, 0.2) is 0 Å². The number of hydrogen-bond acceptors (Lipinski definition) is 3. The fraction of sp³-hybridized carbons (Fsp3) is 0.500. The van der Waals surface area contributed by atoms with Crippen molar-refractivity contribution in [3.05, 3.63) is 29.3 Å². The maximum Gasteiger partial charge on any atom is 0.404 e. The summed E-state index contributed by atoms with van der Waals surface area (Å²) < 4.78 is 0. The van der Waals surface area contributed by atoms with E-state index in [1.165, 1.54) is 0 Å². The van der Waals surface area contributed by atoms with E-state index in [1.54, 1.807) is 12.1 Å². The molecule has 0 aromatic heterocycles. The smallest absolute Gasteiger partial charge is 0.404 e. The van der Waals surface area contributed by atoms with Crippen LogP contribution in [-0.4, -0.2) is 28.9 Å². The highest BCUT2D eigenvalue weighted by atomic mass is 16.4. The number of aromatic hydroxyl groups is 1. The first-order valence-corrected chi connectivity index (χ1v) is 6.26. The summed E-state index contributed by atoms with van der Waals surface area (Å²) in [5.41, 5.74) is 7.17. The number of hydrogen-bond donors (Lipinski definition) is 4. The van der Waals surface area contributed by atoms with Crippen molar-refractivity contribution >= 4 is 6.09 Å². The second-order valence-corrected chi connectivity index (χ2v) is 5.69. The fourth-order valence-corrected chi connectivity index (χ4v) is 1.96. The van der Waals surface area contributed by atoms with Crippen molar-refractivity contribution in [2.24, 2.45) is 5.73 Å². The minimum absolute atomic E-state index is 0.168. The van der Waals surface area contributed by atoms with E-state index in [4.69, 9.17) is 10.8 Å². The van der Waals surface area contributed by atoms with Crippen LogP contribution in [0.1, 0.15) is 31.9 Å². The Labute approximate surface area is 113 Å². The molecule has 5 heteroatoms. The lowest BCUT2D eigenvalue weighted by Gasteiger charge is -2.22. The lowest BCUT2D eigenvalue weighted by atomic mass is 9.85. The molecule has 19 heavy (non-hydrogen) atoms. The van der Waals surface area contributed by atoms with Gasteiger partial charge in [-0.3, -0.25) is 0 Å². The Balaban J connectivity index is 2.93. The maximum absolute atomic E-state index is 10.6. The first kappa shape index (κ1) is 15.3. The summed E-state index contributed by atoms with van der Waals surface area (Å²) in [4.78, 5) is 10.6. The molecule has 0 saturated carbocycles. The molecule has 0 spiro atoms. The van der Waals surface area contributed by atoms with Crippen molar-refractivity contribution in [3.8, 4) is 5.75 Å². The van der Waals surface area contributed by atoms with E-state index >= 15 is 0 Å². The van der Waals surface area contributed by atoms with Crippen LogP contribution >= 0.6 is 0 Å². The van der Waals surface area contributed by atoms with Crippen molar-refractivity contribution in [1.82, 2.24) is 5.32 Å². The largest absolute Gasteiger partial charge is 0.508 e. The first-order valence-electron chi connectivity index (χ1n) is 6.26. The lowest BCUT2D eigenvalue weighted by molar-refractivity contribution is 0.190. The molecule has 5 nitrogen and oxygen atoms in total.